The molecule has 0 saturated carbocycles. The molecule has 19 heavy (non-hydrogen) atoms. The number of amides is 1. The molecule has 1 aromatic carbocycles. The van der Waals surface area contributed by atoms with E-state index in [0.717, 1.165) is 17.5 Å². The number of nitrogens with zero attached hydrogens (tertiary/aromatic N) is 1. The quantitative estimate of drug-likeness (QED) is 0.630. The van der Waals surface area contributed by atoms with E-state index in [9.17, 15) is 14.9 Å². The molecule has 1 atom stereocenters. The molecule has 1 amide bonds. The second kappa shape index (κ2) is 6.29. The number of nitro groups is 1. The summed E-state index contributed by atoms with van der Waals surface area (Å²) in [6.07, 6.45) is 1.33. The summed E-state index contributed by atoms with van der Waals surface area (Å²) in [6, 6.07) is 2.41. The molecule has 1 rings (SSSR count). The van der Waals surface area contributed by atoms with Crippen LogP contribution in [0.1, 0.15) is 30.9 Å². The average Bonchev–Trinajstić information content (AvgIpc) is 2.33. The van der Waals surface area contributed by atoms with Crippen LogP contribution >= 0.6 is 0 Å². The van der Waals surface area contributed by atoms with Crippen molar-refractivity contribution in [3.05, 3.63) is 33.4 Å². The molecular formula is C13H19N3O3. The van der Waals surface area contributed by atoms with Crippen LogP contribution in [0.3, 0.4) is 0 Å². The van der Waals surface area contributed by atoms with Gasteiger partial charge in [0.15, 0.2) is 0 Å². The molecule has 3 N–H and O–H groups in total. The molecular weight excluding hydrogens is 246 g/mol. The van der Waals surface area contributed by atoms with Crippen LogP contribution in [-0.4, -0.2) is 16.9 Å². The number of aryl methyl sites for hydroxylation is 2. The van der Waals surface area contributed by atoms with Crippen molar-refractivity contribution in [1.82, 2.24) is 0 Å². The maximum Gasteiger partial charge on any atom is 0.293 e. The van der Waals surface area contributed by atoms with E-state index in [4.69, 9.17) is 5.73 Å². The van der Waals surface area contributed by atoms with Gasteiger partial charge in [0.1, 0.15) is 5.69 Å². The smallest absolute Gasteiger partial charge is 0.293 e. The minimum absolute atomic E-state index is 0.111. The van der Waals surface area contributed by atoms with E-state index in [1.54, 1.807) is 13.0 Å². The summed E-state index contributed by atoms with van der Waals surface area (Å²) in [7, 11) is 0. The van der Waals surface area contributed by atoms with Gasteiger partial charge in [0.2, 0.25) is 5.91 Å². The zero-order chi connectivity index (χ0) is 14.6. The van der Waals surface area contributed by atoms with Gasteiger partial charge in [-0.3, -0.25) is 14.9 Å². The third-order valence-electron chi connectivity index (χ3n) is 3.00. The number of benzene rings is 1. The Morgan fingerprint density at radius 3 is 2.53 bits per heavy atom. The zero-order valence-electron chi connectivity index (χ0n) is 11.4. The van der Waals surface area contributed by atoms with E-state index >= 15 is 0 Å². The number of nitro benzene ring substituents is 1. The van der Waals surface area contributed by atoms with Gasteiger partial charge in [0.25, 0.3) is 5.69 Å². The number of carbonyl (C=O) groups excluding carboxylic acids is 1. The fraction of sp³-hybridized carbons (Fsp3) is 0.462. The molecule has 0 aliphatic heterocycles. The highest BCUT2D eigenvalue weighted by atomic mass is 16.6. The molecule has 6 nitrogen and oxygen atoms in total. The van der Waals surface area contributed by atoms with Gasteiger partial charge in [-0.1, -0.05) is 13.3 Å². The summed E-state index contributed by atoms with van der Waals surface area (Å²) in [5.74, 6) is -0.395. The fourth-order valence-corrected chi connectivity index (χ4v) is 1.72. The standard InChI is InChI=1S/C13H19N3O3/c1-4-5-10(14)13(17)15-11-6-8(2)9(3)7-12(11)16(18)19/h6-7,10H,4-5,14H2,1-3H3,(H,15,17)/t10-/m1/s1. The Kier molecular flexibility index (Phi) is 5.00. The summed E-state index contributed by atoms with van der Waals surface area (Å²) >= 11 is 0. The molecule has 0 aromatic heterocycles. The highest BCUT2D eigenvalue weighted by Crippen LogP contribution is 2.28. The summed E-state index contributed by atoms with van der Waals surface area (Å²) in [5.41, 5.74) is 7.46. The van der Waals surface area contributed by atoms with Crippen LogP contribution in [0.25, 0.3) is 0 Å². The normalized spacial score (nSPS) is 12.0. The molecule has 0 unspecified atom stereocenters. The molecule has 0 fully saturated rings. The van der Waals surface area contributed by atoms with E-state index in [-0.39, 0.29) is 11.4 Å². The van der Waals surface area contributed by atoms with Crippen LogP contribution in [0.15, 0.2) is 12.1 Å². The topological polar surface area (TPSA) is 98.3 Å². The van der Waals surface area contributed by atoms with E-state index in [0.29, 0.717) is 6.42 Å². The lowest BCUT2D eigenvalue weighted by Crippen LogP contribution is -2.35. The van der Waals surface area contributed by atoms with Crippen molar-refractivity contribution in [2.24, 2.45) is 5.73 Å². The van der Waals surface area contributed by atoms with Crippen LogP contribution in [0, 0.1) is 24.0 Å². The Balaban J connectivity index is 3.03. The van der Waals surface area contributed by atoms with Crippen molar-refractivity contribution in [1.29, 1.82) is 0 Å². The lowest BCUT2D eigenvalue weighted by molar-refractivity contribution is -0.384. The van der Waals surface area contributed by atoms with E-state index < -0.39 is 16.9 Å². The highest BCUT2D eigenvalue weighted by molar-refractivity contribution is 5.96. The largest absolute Gasteiger partial charge is 0.320 e. The second-order valence-corrected chi connectivity index (χ2v) is 4.60. The number of nitrogens with one attached hydrogen (secondary N) is 1. The number of hydrogen-bond donors (Lipinski definition) is 2. The third-order valence-corrected chi connectivity index (χ3v) is 3.00. The Labute approximate surface area is 112 Å². The molecule has 1 aromatic rings. The van der Waals surface area contributed by atoms with Crippen LogP contribution < -0.4 is 11.1 Å². The van der Waals surface area contributed by atoms with E-state index in [1.165, 1.54) is 6.07 Å². The fourth-order valence-electron chi connectivity index (χ4n) is 1.72. The van der Waals surface area contributed by atoms with Crippen molar-refractivity contribution >= 4 is 17.3 Å². The van der Waals surface area contributed by atoms with Gasteiger partial charge in [0, 0.05) is 6.07 Å². The van der Waals surface area contributed by atoms with E-state index in [2.05, 4.69) is 5.32 Å². The molecule has 0 radical (unpaired) electrons. The molecule has 0 spiro atoms. The number of anilines is 1. The van der Waals surface area contributed by atoms with Gasteiger partial charge < -0.3 is 11.1 Å². The summed E-state index contributed by atoms with van der Waals surface area (Å²) in [5, 5.41) is 13.5. The van der Waals surface area contributed by atoms with Gasteiger partial charge in [-0.25, -0.2) is 0 Å². The zero-order valence-corrected chi connectivity index (χ0v) is 11.4. The lowest BCUT2D eigenvalue weighted by atomic mass is 10.1. The predicted octanol–water partition coefficient (Wildman–Crippen LogP) is 2.28. The minimum atomic E-state index is -0.647. The Morgan fingerprint density at radius 2 is 2.00 bits per heavy atom. The Bertz CT molecular complexity index is 500. The lowest BCUT2D eigenvalue weighted by Gasteiger charge is -2.12. The third kappa shape index (κ3) is 3.75. The number of hydrogen-bond acceptors (Lipinski definition) is 4. The minimum Gasteiger partial charge on any atom is -0.320 e. The van der Waals surface area contributed by atoms with Crippen molar-refractivity contribution in [3.63, 3.8) is 0 Å². The van der Waals surface area contributed by atoms with Crippen LogP contribution in [-0.2, 0) is 4.79 Å². The van der Waals surface area contributed by atoms with Gasteiger partial charge in [-0.05, 0) is 37.5 Å². The predicted molar refractivity (Wildman–Crippen MR) is 74.1 cm³/mol. The highest BCUT2D eigenvalue weighted by Gasteiger charge is 2.20. The summed E-state index contributed by atoms with van der Waals surface area (Å²) in [6.45, 7) is 5.54. The van der Waals surface area contributed by atoms with Crippen LogP contribution in [0.4, 0.5) is 11.4 Å². The Morgan fingerprint density at radius 1 is 1.42 bits per heavy atom. The molecule has 0 aliphatic carbocycles. The molecule has 0 bridgehead atoms. The van der Waals surface area contributed by atoms with Gasteiger partial charge in [-0.15, -0.1) is 0 Å². The summed E-state index contributed by atoms with van der Waals surface area (Å²) in [4.78, 5) is 22.3. The van der Waals surface area contributed by atoms with Crippen molar-refractivity contribution in [3.8, 4) is 0 Å². The van der Waals surface area contributed by atoms with Crippen LogP contribution in [0.5, 0.6) is 0 Å². The Hall–Kier alpha value is -1.95. The average molecular weight is 265 g/mol. The first-order chi connectivity index (χ1) is 8.86. The first-order valence-corrected chi connectivity index (χ1v) is 6.18. The number of rotatable bonds is 5. The van der Waals surface area contributed by atoms with Crippen molar-refractivity contribution in [2.45, 2.75) is 39.7 Å². The molecule has 0 heterocycles. The molecule has 104 valence electrons. The van der Waals surface area contributed by atoms with Crippen molar-refractivity contribution < 1.29 is 9.72 Å². The maximum absolute atomic E-state index is 11.8. The SMILES string of the molecule is CCC[C@@H](N)C(=O)Nc1cc(C)c(C)cc1[N+](=O)[O-]. The first-order valence-electron chi connectivity index (χ1n) is 6.18. The van der Waals surface area contributed by atoms with Gasteiger partial charge >= 0.3 is 0 Å². The first kappa shape index (κ1) is 15.1. The summed E-state index contributed by atoms with van der Waals surface area (Å²) < 4.78 is 0. The van der Waals surface area contributed by atoms with Gasteiger partial charge in [-0.2, -0.15) is 0 Å². The van der Waals surface area contributed by atoms with E-state index in [1.807, 2.05) is 13.8 Å². The monoisotopic (exact) mass is 265 g/mol. The second-order valence-electron chi connectivity index (χ2n) is 4.60. The molecule has 0 aliphatic rings. The van der Waals surface area contributed by atoms with Crippen LogP contribution in [0.2, 0.25) is 0 Å². The molecule has 0 saturated heterocycles. The number of nitrogens with two attached hydrogens (primary N) is 1. The van der Waals surface area contributed by atoms with Crippen molar-refractivity contribution in [2.75, 3.05) is 5.32 Å². The van der Waals surface area contributed by atoms with Gasteiger partial charge in [0.05, 0.1) is 11.0 Å². The maximum atomic E-state index is 11.8. The molecule has 6 heteroatoms. The number of carbonyl (C=O) groups is 1.